The van der Waals surface area contributed by atoms with Gasteiger partial charge in [-0.3, -0.25) is 0 Å². The molecule has 214 valence electrons. The molecule has 0 atom stereocenters. The Hall–Kier alpha value is -5.92. The first-order chi connectivity index (χ1) is 22.7. The monoisotopic (exact) mass is 584 g/mol. The minimum atomic E-state index is 0.914. The van der Waals surface area contributed by atoms with Crippen LogP contribution >= 0.6 is 0 Å². The van der Waals surface area contributed by atoms with Crippen LogP contribution in [0.5, 0.6) is 0 Å². The van der Waals surface area contributed by atoms with Crippen LogP contribution in [0, 0.1) is 6.92 Å². The van der Waals surface area contributed by atoms with Crippen molar-refractivity contribution in [3.05, 3.63) is 157 Å². The van der Waals surface area contributed by atoms with E-state index in [9.17, 15) is 0 Å². The minimum absolute atomic E-state index is 0.914. The van der Waals surface area contributed by atoms with Crippen molar-refractivity contribution in [1.29, 1.82) is 0 Å². The molecule has 10 rings (SSSR count). The number of fused-ring (bicyclic) bond motifs is 9. The summed E-state index contributed by atoms with van der Waals surface area (Å²) < 4.78 is 6.52. The molecule has 0 aliphatic heterocycles. The molecule has 0 N–H and O–H groups in total. The molecule has 46 heavy (non-hydrogen) atoms. The third kappa shape index (κ3) is 3.57. The lowest BCUT2D eigenvalue weighted by molar-refractivity contribution is 0.669. The van der Waals surface area contributed by atoms with E-state index in [1.54, 1.807) is 0 Å². The summed E-state index contributed by atoms with van der Waals surface area (Å²) in [6, 6.07) is 55.5. The zero-order valence-corrected chi connectivity index (χ0v) is 25.3. The smallest absolute Gasteiger partial charge is 0.136 e. The van der Waals surface area contributed by atoms with E-state index in [1.807, 2.05) is 0 Å². The van der Waals surface area contributed by atoms with Crippen molar-refractivity contribution >= 4 is 75.8 Å². The van der Waals surface area contributed by atoms with Crippen molar-refractivity contribution in [3.8, 4) is 22.3 Å². The highest BCUT2D eigenvalue weighted by Crippen LogP contribution is 2.47. The average Bonchev–Trinajstić information content (AvgIpc) is 3.47. The van der Waals surface area contributed by atoms with Crippen LogP contribution in [0.3, 0.4) is 0 Å². The van der Waals surface area contributed by atoms with Crippen LogP contribution in [0.2, 0.25) is 0 Å². The lowest BCUT2D eigenvalue weighted by atomic mass is 9.84. The van der Waals surface area contributed by atoms with Crippen molar-refractivity contribution < 1.29 is 4.42 Å². The predicted octanol–water partition coefficient (Wildman–Crippen LogP) is 13.0. The number of hydrogen-bond donors (Lipinski definition) is 0. The summed E-state index contributed by atoms with van der Waals surface area (Å²) in [7, 11) is 0. The molecular weight excluding hydrogens is 556 g/mol. The molecule has 0 saturated heterocycles. The van der Waals surface area contributed by atoms with Gasteiger partial charge in [-0.25, -0.2) is 0 Å². The lowest BCUT2D eigenvalue weighted by Gasteiger charge is -2.18. The van der Waals surface area contributed by atoms with E-state index in [2.05, 4.69) is 159 Å². The zero-order chi connectivity index (χ0) is 30.4. The number of rotatable bonds is 2. The first kappa shape index (κ1) is 25.4. The summed E-state index contributed by atoms with van der Waals surface area (Å²) in [5.74, 6) is 0. The molecule has 1 aromatic heterocycles. The number of benzene rings is 9. The van der Waals surface area contributed by atoms with Gasteiger partial charge in [0.25, 0.3) is 0 Å². The van der Waals surface area contributed by atoms with E-state index < -0.39 is 0 Å². The van der Waals surface area contributed by atoms with Crippen molar-refractivity contribution in [2.45, 2.75) is 6.92 Å². The van der Waals surface area contributed by atoms with E-state index in [0.717, 1.165) is 16.6 Å². The molecule has 0 spiro atoms. The molecule has 1 heteroatoms. The number of furan rings is 1. The largest absolute Gasteiger partial charge is 0.456 e. The highest BCUT2D eigenvalue weighted by atomic mass is 16.3. The van der Waals surface area contributed by atoms with Crippen LogP contribution in [-0.2, 0) is 0 Å². The highest BCUT2D eigenvalue weighted by Gasteiger charge is 2.20. The normalized spacial score (nSPS) is 12.0. The molecule has 9 aromatic carbocycles. The summed E-state index contributed by atoms with van der Waals surface area (Å²) in [6.07, 6.45) is 0. The van der Waals surface area contributed by atoms with Gasteiger partial charge in [0.05, 0.1) is 0 Å². The fourth-order valence-corrected chi connectivity index (χ4v) is 7.86. The van der Waals surface area contributed by atoms with E-state index >= 15 is 0 Å². The molecule has 1 nitrogen and oxygen atoms in total. The van der Waals surface area contributed by atoms with Gasteiger partial charge in [0.2, 0.25) is 0 Å². The van der Waals surface area contributed by atoms with Gasteiger partial charge < -0.3 is 4.42 Å². The number of hydrogen-bond acceptors (Lipinski definition) is 1. The van der Waals surface area contributed by atoms with Crippen LogP contribution < -0.4 is 0 Å². The topological polar surface area (TPSA) is 13.1 Å². The summed E-state index contributed by atoms with van der Waals surface area (Å²) in [5, 5.41) is 14.9. The average molecular weight is 585 g/mol. The van der Waals surface area contributed by atoms with E-state index in [1.165, 1.54) is 87.1 Å². The van der Waals surface area contributed by atoms with Gasteiger partial charge in [-0.05, 0) is 113 Å². The maximum atomic E-state index is 6.52. The Bertz CT molecular complexity index is 2810. The van der Waals surface area contributed by atoms with Crippen LogP contribution in [0.4, 0.5) is 0 Å². The van der Waals surface area contributed by atoms with Crippen LogP contribution in [0.25, 0.3) is 98.1 Å². The van der Waals surface area contributed by atoms with Gasteiger partial charge in [0, 0.05) is 10.8 Å². The van der Waals surface area contributed by atoms with Gasteiger partial charge in [0.15, 0.2) is 0 Å². The first-order valence-electron chi connectivity index (χ1n) is 15.9. The van der Waals surface area contributed by atoms with Crippen molar-refractivity contribution in [2.24, 2.45) is 0 Å². The Morgan fingerprint density at radius 3 is 1.76 bits per heavy atom. The summed E-state index contributed by atoms with van der Waals surface area (Å²) in [5.41, 5.74) is 8.10. The summed E-state index contributed by atoms with van der Waals surface area (Å²) in [6.45, 7) is 2.19. The van der Waals surface area contributed by atoms with Gasteiger partial charge in [-0.15, -0.1) is 0 Å². The second kappa shape index (κ2) is 9.54. The molecule has 0 aliphatic carbocycles. The molecular formula is C45H28O. The molecule has 0 bridgehead atoms. The summed E-state index contributed by atoms with van der Waals surface area (Å²) in [4.78, 5) is 0. The van der Waals surface area contributed by atoms with Gasteiger partial charge in [0.1, 0.15) is 11.2 Å². The van der Waals surface area contributed by atoms with Gasteiger partial charge >= 0.3 is 0 Å². The Kier molecular flexibility index (Phi) is 5.27. The second-order valence-corrected chi connectivity index (χ2v) is 12.5. The SMILES string of the molecule is Cc1cccc2c1ccc1cc(-c3c4ccccc4c(-c4cccc5oc6cc7ccccc7cc6c45)c4ccccc34)ccc12. The van der Waals surface area contributed by atoms with Gasteiger partial charge in [-0.2, -0.15) is 0 Å². The van der Waals surface area contributed by atoms with E-state index in [-0.39, 0.29) is 0 Å². The molecule has 0 aliphatic rings. The van der Waals surface area contributed by atoms with Crippen molar-refractivity contribution in [2.75, 3.05) is 0 Å². The first-order valence-corrected chi connectivity index (χ1v) is 15.9. The quantitative estimate of drug-likeness (QED) is 0.145. The van der Waals surface area contributed by atoms with Crippen molar-refractivity contribution in [3.63, 3.8) is 0 Å². The minimum Gasteiger partial charge on any atom is -0.456 e. The molecule has 0 amide bonds. The van der Waals surface area contributed by atoms with Crippen LogP contribution in [0.1, 0.15) is 5.56 Å². The molecule has 0 fully saturated rings. The number of aryl methyl sites for hydroxylation is 1. The van der Waals surface area contributed by atoms with Crippen LogP contribution in [-0.4, -0.2) is 0 Å². The third-order valence-electron chi connectivity index (χ3n) is 9.95. The standard InChI is InChI=1S/C45H28O/c1-27-10-8-17-34-32(27)22-20-30-24-31(21-23-33(30)34)43-35-13-4-6-15-37(35)44(38-16-7-5-14-36(38)43)39-18-9-19-41-45(39)40-25-28-11-2-3-12-29(28)26-42(40)46-41/h2-26H,1H3. The Balaban J connectivity index is 1.30. The lowest BCUT2D eigenvalue weighted by Crippen LogP contribution is -1.91. The van der Waals surface area contributed by atoms with E-state index in [4.69, 9.17) is 4.42 Å². The van der Waals surface area contributed by atoms with E-state index in [0.29, 0.717) is 0 Å². The predicted molar refractivity (Wildman–Crippen MR) is 197 cm³/mol. The molecule has 0 unspecified atom stereocenters. The van der Waals surface area contributed by atoms with Gasteiger partial charge in [-0.1, -0.05) is 127 Å². The second-order valence-electron chi connectivity index (χ2n) is 12.5. The zero-order valence-electron chi connectivity index (χ0n) is 25.3. The maximum absolute atomic E-state index is 6.52. The highest BCUT2D eigenvalue weighted by molar-refractivity contribution is 6.26. The Labute approximate surface area is 265 Å². The fourth-order valence-electron chi connectivity index (χ4n) is 7.86. The molecule has 0 saturated carbocycles. The molecule has 1 heterocycles. The third-order valence-corrected chi connectivity index (χ3v) is 9.95. The molecule has 10 aromatic rings. The van der Waals surface area contributed by atoms with Crippen LogP contribution in [0.15, 0.2) is 156 Å². The van der Waals surface area contributed by atoms with Crippen molar-refractivity contribution in [1.82, 2.24) is 0 Å². The summed E-state index contributed by atoms with van der Waals surface area (Å²) >= 11 is 0. The Morgan fingerprint density at radius 1 is 0.370 bits per heavy atom. The molecule has 0 radical (unpaired) electrons. The fraction of sp³-hybridized carbons (Fsp3) is 0.0222. The maximum Gasteiger partial charge on any atom is 0.136 e. The Morgan fingerprint density at radius 2 is 1.00 bits per heavy atom.